The summed E-state index contributed by atoms with van der Waals surface area (Å²) in [5.41, 5.74) is 1.60. The van der Waals surface area contributed by atoms with E-state index in [0.29, 0.717) is 30.9 Å². The molecule has 1 amide bonds. The second kappa shape index (κ2) is 14.4. The first-order valence-electron chi connectivity index (χ1n) is 10.1. The van der Waals surface area contributed by atoms with Gasteiger partial charge in [0.05, 0.1) is 18.5 Å². The molecule has 0 saturated heterocycles. The monoisotopic (exact) mass is 440 g/mol. The first-order valence-corrected chi connectivity index (χ1v) is 10.1. The standard InChI is InChI=1S/C20H26N2O2.C4H4O4/c1-4-24-19-13-11-18(12-14-19)22(16-8-15-21(2)3)20(23)17-9-6-5-7-10-17;5-3(6)1-2-4(7)8/h5-7,9-14H,4,8,15-16H2,1-3H3;1-2H,(H,5,6)(H,7,8)/p-2/b;2-1-. The van der Waals surface area contributed by atoms with Crippen molar-refractivity contribution in [2.75, 3.05) is 38.7 Å². The SMILES string of the molecule is CCOc1ccc(N(CCCN(C)C)C(=O)c2ccccc2)cc1.O=C([O-])/C=C\C(=O)[O-]. The van der Waals surface area contributed by atoms with Gasteiger partial charge in [-0.1, -0.05) is 18.2 Å². The molecule has 0 aliphatic heterocycles. The van der Waals surface area contributed by atoms with E-state index in [0.717, 1.165) is 24.4 Å². The van der Waals surface area contributed by atoms with E-state index in [2.05, 4.69) is 4.90 Å². The fourth-order valence-corrected chi connectivity index (χ4v) is 2.65. The molecule has 0 aliphatic rings. The summed E-state index contributed by atoms with van der Waals surface area (Å²) in [5, 5.41) is 18.8. The minimum absolute atomic E-state index is 0.0264. The van der Waals surface area contributed by atoms with Crippen LogP contribution in [0.25, 0.3) is 0 Å². The number of benzene rings is 2. The molecule has 2 aromatic carbocycles. The Kier molecular flexibility index (Phi) is 11.9. The second-order valence-corrected chi connectivity index (χ2v) is 6.88. The van der Waals surface area contributed by atoms with Gasteiger partial charge < -0.3 is 34.3 Å². The predicted molar refractivity (Wildman–Crippen MR) is 118 cm³/mol. The minimum Gasteiger partial charge on any atom is -0.545 e. The third-order valence-corrected chi connectivity index (χ3v) is 4.07. The summed E-state index contributed by atoms with van der Waals surface area (Å²) in [5.74, 6) is -2.25. The molecule has 0 fully saturated rings. The van der Waals surface area contributed by atoms with Crippen LogP contribution in [-0.2, 0) is 9.59 Å². The fraction of sp³-hybridized carbons (Fsp3) is 0.292. The Bertz CT molecular complexity index is 863. The lowest BCUT2D eigenvalue weighted by atomic mass is 10.1. The van der Waals surface area contributed by atoms with E-state index >= 15 is 0 Å². The quantitative estimate of drug-likeness (QED) is 0.501. The summed E-state index contributed by atoms with van der Waals surface area (Å²) in [7, 11) is 4.08. The van der Waals surface area contributed by atoms with Crippen LogP contribution in [0.4, 0.5) is 5.69 Å². The van der Waals surface area contributed by atoms with Gasteiger partial charge in [0.25, 0.3) is 5.91 Å². The van der Waals surface area contributed by atoms with E-state index in [1.54, 1.807) is 0 Å². The molecule has 2 rings (SSSR count). The average molecular weight is 440 g/mol. The van der Waals surface area contributed by atoms with Crippen LogP contribution in [0.5, 0.6) is 5.75 Å². The summed E-state index contributed by atoms with van der Waals surface area (Å²) in [4.78, 5) is 35.7. The lowest BCUT2D eigenvalue weighted by Gasteiger charge is -2.24. The molecule has 0 heterocycles. The van der Waals surface area contributed by atoms with E-state index in [-0.39, 0.29) is 5.91 Å². The van der Waals surface area contributed by atoms with Crippen LogP contribution in [0.3, 0.4) is 0 Å². The van der Waals surface area contributed by atoms with Crippen LogP contribution < -0.4 is 19.8 Å². The summed E-state index contributed by atoms with van der Waals surface area (Å²) >= 11 is 0. The van der Waals surface area contributed by atoms with Crippen molar-refractivity contribution in [1.29, 1.82) is 0 Å². The molecule has 0 atom stereocenters. The molecule has 0 radical (unpaired) electrons. The van der Waals surface area contributed by atoms with Gasteiger partial charge in [-0.05, 0) is 82.5 Å². The molecule has 8 nitrogen and oxygen atoms in total. The maximum Gasteiger partial charge on any atom is 0.258 e. The predicted octanol–water partition coefficient (Wildman–Crippen LogP) is 0.726. The van der Waals surface area contributed by atoms with Crippen LogP contribution in [0.1, 0.15) is 23.7 Å². The first-order chi connectivity index (χ1) is 15.2. The fourth-order valence-electron chi connectivity index (χ4n) is 2.65. The van der Waals surface area contributed by atoms with Gasteiger partial charge in [-0.25, -0.2) is 0 Å². The number of carbonyl (C=O) groups excluding carboxylic acids is 3. The van der Waals surface area contributed by atoms with E-state index in [9.17, 15) is 24.6 Å². The zero-order valence-electron chi connectivity index (χ0n) is 18.5. The van der Waals surface area contributed by atoms with Crippen molar-refractivity contribution in [3.63, 3.8) is 0 Å². The molecule has 8 heteroatoms. The molecule has 0 spiro atoms. The number of aliphatic carboxylic acids is 2. The normalized spacial score (nSPS) is 10.4. The highest BCUT2D eigenvalue weighted by Gasteiger charge is 2.17. The number of hydrogen-bond acceptors (Lipinski definition) is 7. The van der Waals surface area contributed by atoms with E-state index in [4.69, 9.17) is 4.74 Å². The van der Waals surface area contributed by atoms with Crippen LogP contribution in [0.15, 0.2) is 66.7 Å². The van der Waals surface area contributed by atoms with Gasteiger partial charge in [-0.3, -0.25) is 4.79 Å². The van der Waals surface area contributed by atoms with Crippen molar-refractivity contribution in [2.24, 2.45) is 0 Å². The maximum absolute atomic E-state index is 12.9. The molecule has 32 heavy (non-hydrogen) atoms. The van der Waals surface area contributed by atoms with Crippen molar-refractivity contribution in [1.82, 2.24) is 4.90 Å². The number of carbonyl (C=O) groups is 3. The smallest absolute Gasteiger partial charge is 0.258 e. The molecule has 0 bridgehead atoms. The Balaban J connectivity index is 0.000000547. The highest BCUT2D eigenvalue weighted by molar-refractivity contribution is 6.06. The topological polar surface area (TPSA) is 113 Å². The molecule has 2 aromatic rings. The zero-order valence-corrected chi connectivity index (χ0v) is 18.5. The lowest BCUT2D eigenvalue weighted by molar-refractivity contribution is -0.301. The summed E-state index contributed by atoms with van der Waals surface area (Å²) in [6.07, 6.45) is 1.68. The molecule has 172 valence electrons. The van der Waals surface area contributed by atoms with Gasteiger partial charge in [-0.2, -0.15) is 0 Å². The molecule has 0 saturated carbocycles. The summed E-state index contributed by atoms with van der Waals surface area (Å²) in [6.45, 7) is 4.21. The largest absolute Gasteiger partial charge is 0.545 e. The molecule has 0 unspecified atom stereocenters. The summed E-state index contributed by atoms with van der Waals surface area (Å²) < 4.78 is 5.49. The van der Waals surface area contributed by atoms with Gasteiger partial charge >= 0.3 is 0 Å². The van der Waals surface area contributed by atoms with Crippen molar-refractivity contribution < 1.29 is 29.3 Å². The highest BCUT2D eigenvalue weighted by Crippen LogP contribution is 2.22. The number of hydrogen-bond donors (Lipinski definition) is 0. The van der Waals surface area contributed by atoms with Crippen LogP contribution in [0.2, 0.25) is 0 Å². The van der Waals surface area contributed by atoms with E-state index < -0.39 is 11.9 Å². The zero-order chi connectivity index (χ0) is 23.9. The Morgan fingerprint density at radius 1 is 0.875 bits per heavy atom. The molecular formula is C24H28N2O6-2. The molecular weight excluding hydrogens is 412 g/mol. The minimum atomic E-state index is -1.55. The van der Waals surface area contributed by atoms with Gasteiger partial charge in [0.1, 0.15) is 5.75 Å². The average Bonchev–Trinajstić information content (AvgIpc) is 2.77. The number of ether oxygens (including phenoxy) is 1. The number of carboxylic acid groups (broad SMARTS) is 2. The maximum atomic E-state index is 12.9. The van der Waals surface area contributed by atoms with Crippen LogP contribution in [-0.4, -0.2) is 56.5 Å². The Labute approximate surface area is 188 Å². The van der Waals surface area contributed by atoms with Gasteiger partial charge in [0, 0.05) is 17.8 Å². The summed E-state index contributed by atoms with van der Waals surface area (Å²) in [6, 6.07) is 17.1. The van der Waals surface area contributed by atoms with E-state index in [1.165, 1.54) is 0 Å². The number of rotatable bonds is 10. The lowest BCUT2D eigenvalue weighted by Crippen LogP contribution is -2.33. The van der Waals surface area contributed by atoms with Crippen molar-refractivity contribution in [3.05, 3.63) is 72.3 Å². The molecule has 0 aromatic heterocycles. The third-order valence-electron chi connectivity index (χ3n) is 4.07. The Morgan fingerprint density at radius 2 is 1.44 bits per heavy atom. The highest BCUT2D eigenvalue weighted by atomic mass is 16.5. The van der Waals surface area contributed by atoms with Crippen molar-refractivity contribution in [3.8, 4) is 5.75 Å². The van der Waals surface area contributed by atoms with Crippen molar-refractivity contribution >= 4 is 23.5 Å². The van der Waals surface area contributed by atoms with Crippen molar-refractivity contribution in [2.45, 2.75) is 13.3 Å². The molecule has 0 N–H and O–H groups in total. The number of amides is 1. The van der Waals surface area contributed by atoms with Gasteiger partial charge in [0.15, 0.2) is 0 Å². The third kappa shape index (κ3) is 10.4. The number of nitrogens with zero attached hydrogens (tertiary/aromatic N) is 2. The number of anilines is 1. The van der Waals surface area contributed by atoms with Gasteiger partial charge in [0.2, 0.25) is 0 Å². The van der Waals surface area contributed by atoms with Crippen LogP contribution in [0, 0.1) is 0 Å². The Hall–Kier alpha value is -3.65. The number of carboxylic acids is 2. The second-order valence-electron chi connectivity index (χ2n) is 6.88. The first kappa shape index (κ1) is 26.4. The van der Waals surface area contributed by atoms with E-state index in [1.807, 2.05) is 80.5 Å². The molecule has 0 aliphatic carbocycles. The van der Waals surface area contributed by atoms with Gasteiger partial charge in [-0.15, -0.1) is 0 Å². The Morgan fingerprint density at radius 3 is 1.91 bits per heavy atom. The van der Waals surface area contributed by atoms with Crippen LogP contribution >= 0.6 is 0 Å².